The Hall–Kier alpha value is -2.65. The first-order chi connectivity index (χ1) is 13.4. The number of anilines is 1. The molecule has 1 N–H and O–H groups in total. The summed E-state index contributed by atoms with van der Waals surface area (Å²) in [6.45, 7) is 1.21. The number of hydrogen-bond acceptors (Lipinski definition) is 6. The van der Waals surface area contributed by atoms with E-state index >= 15 is 0 Å². The van der Waals surface area contributed by atoms with Gasteiger partial charge in [-0.05, 0) is 31.0 Å². The quantitative estimate of drug-likeness (QED) is 0.560. The second-order valence-corrected chi connectivity index (χ2v) is 8.50. The van der Waals surface area contributed by atoms with Gasteiger partial charge in [0.25, 0.3) is 5.69 Å². The second kappa shape index (κ2) is 8.57. The maximum atomic E-state index is 12.8. The van der Waals surface area contributed by atoms with Crippen LogP contribution in [0.5, 0.6) is 5.75 Å². The van der Waals surface area contributed by atoms with E-state index < -0.39 is 14.9 Å². The molecule has 3 rings (SSSR count). The summed E-state index contributed by atoms with van der Waals surface area (Å²) in [6, 6.07) is 11.3. The number of hydrogen-bond donors (Lipinski definition) is 1. The van der Waals surface area contributed by atoms with Crippen molar-refractivity contribution in [1.29, 1.82) is 0 Å². The van der Waals surface area contributed by atoms with Gasteiger partial charge in [-0.15, -0.1) is 0 Å². The number of benzene rings is 2. The van der Waals surface area contributed by atoms with Gasteiger partial charge < -0.3 is 10.1 Å². The van der Waals surface area contributed by atoms with E-state index in [1.54, 1.807) is 13.2 Å². The van der Waals surface area contributed by atoms with Gasteiger partial charge in [-0.3, -0.25) is 10.1 Å². The van der Waals surface area contributed by atoms with Gasteiger partial charge in [0.05, 0.1) is 16.9 Å². The van der Waals surface area contributed by atoms with Crippen molar-refractivity contribution in [3.63, 3.8) is 0 Å². The third-order valence-electron chi connectivity index (χ3n) is 4.78. The highest BCUT2D eigenvalue weighted by molar-refractivity contribution is 7.89. The van der Waals surface area contributed by atoms with Crippen LogP contribution in [0.2, 0.25) is 0 Å². The van der Waals surface area contributed by atoms with Crippen LogP contribution in [-0.2, 0) is 16.6 Å². The predicted octanol–water partition coefficient (Wildman–Crippen LogP) is 3.39. The number of ether oxygens (including phenoxy) is 1. The van der Waals surface area contributed by atoms with Crippen LogP contribution in [0.3, 0.4) is 0 Å². The van der Waals surface area contributed by atoms with Gasteiger partial charge in [-0.1, -0.05) is 24.6 Å². The summed E-state index contributed by atoms with van der Waals surface area (Å²) in [5.74, 6) is 0.668. The highest BCUT2D eigenvalue weighted by Crippen LogP contribution is 2.31. The first-order valence-corrected chi connectivity index (χ1v) is 10.5. The number of methoxy groups -OCH3 is 1. The number of rotatable bonds is 7. The lowest BCUT2D eigenvalue weighted by Gasteiger charge is -2.25. The van der Waals surface area contributed by atoms with Crippen molar-refractivity contribution in [3.05, 3.63) is 58.1 Å². The molecule has 28 heavy (non-hydrogen) atoms. The molecule has 9 heteroatoms. The number of piperidine rings is 1. The number of para-hydroxylation sites is 1. The molecule has 0 radical (unpaired) electrons. The Labute approximate surface area is 164 Å². The lowest BCUT2D eigenvalue weighted by atomic mass is 10.2. The zero-order chi connectivity index (χ0) is 20.1. The summed E-state index contributed by atoms with van der Waals surface area (Å²) in [4.78, 5) is 10.9. The van der Waals surface area contributed by atoms with Gasteiger partial charge in [0, 0.05) is 31.3 Å². The van der Waals surface area contributed by atoms with Crippen molar-refractivity contribution in [2.24, 2.45) is 0 Å². The van der Waals surface area contributed by atoms with Gasteiger partial charge >= 0.3 is 0 Å². The van der Waals surface area contributed by atoms with Gasteiger partial charge in [0.15, 0.2) is 0 Å². The predicted molar refractivity (Wildman–Crippen MR) is 106 cm³/mol. The molecule has 0 bridgehead atoms. The minimum absolute atomic E-state index is 0.0519. The van der Waals surface area contributed by atoms with Crippen molar-refractivity contribution in [2.75, 3.05) is 25.5 Å². The van der Waals surface area contributed by atoms with E-state index in [1.807, 2.05) is 18.2 Å². The minimum Gasteiger partial charge on any atom is -0.496 e. The fourth-order valence-corrected chi connectivity index (χ4v) is 4.80. The summed E-state index contributed by atoms with van der Waals surface area (Å²) < 4.78 is 32.3. The Morgan fingerprint density at radius 3 is 2.54 bits per heavy atom. The van der Waals surface area contributed by atoms with Crippen molar-refractivity contribution < 1.29 is 18.1 Å². The van der Waals surface area contributed by atoms with E-state index in [4.69, 9.17) is 4.74 Å². The van der Waals surface area contributed by atoms with Gasteiger partial charge in [0.1, 0.15) is 11.4 Å². The first-order valence-electron chi connectivity index (χ1n) is 9.08. The van der Waals surface area contributed by atoms with E-state index in [2.05, 4.69) is 5.32 Å². The molecule has 0 saturated carbocycles. The molecule has 0 unspecified atom stereocenters. The highest BCUT2D eigenvalue weighted by atomic mass is 32.2. The molecule has 0 amide bonds. The number of sulfonamides is 1. The molecule has 2 aromatic carbocycles. The van der Waals surface area contributed by atoms with E-state index in [1.165, 1.54) is 16.4 Å². The van der Waals surface area contributed by atoms with Crippen LogP contribution in [0.4, 0.5) is 11.4 Å². The molecule has 8 nitrogen and oxygen atoms in total. The molecule has 150 valence electrons. The monoisotopic (exact) mass is 405 g/mol. The summed E-state index contributed by atoms with van der Waals surface area (Å²) in [6.07, 6.45) is 2.61. The van der Waals surface area contributed by atoms with Gasteiger partial charge in [-0.25, -0.2) is 8.42 Å². The molecule has 1 heterocycles. The molecular formula is C19H23N3O5S. The molecule has 1 aliphatic rings. The van der Waals surface area contributed by atoms with E-state index in [0.717, 1.165) is 30.9 Å². The molecular weight excluding hydrogens is 382 g/mol. The zero-order valence-electron chi connectivity index (χ0n) is 15.6. The van der Waals surface area contributed by atoms with Crippen LogP contribution in [0, 0.1) is 10.1 Å². The Morgan fingerprint density at radius 2 is 1.86 bits per heavy atom. The maximum absolute atomic E-state index is 12.8. The Morgan fingerprint density at radius 1 is 1.14 bits per heavy atom. The number of nitrogens with one attached hydrogen (secondary N) is 1. The number of nitro benzene ring substituents is 1. The standard InChI is InChI=1S/C19H23N3O5S/c1-27-19-8-4-3-7-15(19)14-20-17-10-9-16(13-18(17)22(23)24)28(25,26)21-11-5-2-6-12-21/h3-4,7-10,13,20H,2,5-6,11-12,14H2,1H3. The third kappa shape index (κ3) is 4.26. The smallest absolute Gasteiger partial charge is 0.293 e. The van der Waals surface area contributed by atoms with Crippen LogP contribution in [0.1, 0.15) is 24.8 Å². The van der Waals surface area contributed by atoms with Crippen molar-refractivity contribution in [1.82, 2.24) is 4.31 Å². The molecule has 0 aromatic heterocycles. The minimum atomic E-state index is -3.73. The number of nitro groups is 1. The SMILES string of the molecule is COc1ccccc1CNc1ccc(S(=O)(=O)N2CCCCC2)cc1[N+](=O)[O-]. The summed E-state index contributed by atoms with van der Waals surface area (Å²) in [7, 11) is -2.17. The fourth-order valence-electron chi connectivity index (χ4n) is 3.27. The van der Waals surface area contributed by atoms with Crippen LogP contribution < -0.4 is 10.1 Å². The average Bonchev–Trinajstić information content (AvgIpc) is 2.72. The second-order valence-electron chi connectivity index (χ2n) is 6.57. The first kappa shape index (κ1) is 20.1. The summed E-state index contributed by atoms with van der Waals surface area (Å²) in [5, 5.41) is 14.6. The maximum Gasteiger partial charge on any atom is 0.293 e. The average molecular weight is 405 g/mol. The third-order valence-corrected chi connectivity index (χ3v) is 6.68. The van der Waals surface area contributed by atoms with E-state index in [-0.39, 0.29) is 16.3 Å². The molecule has 2 aromatic rings. The van der Waals surface area contributed by atoms with Crippen LogP contribution in [0.25, 0.3) is 0 Å². The lowest BCUT2D eigenvalue weighted by molar-refractivity contribution is -0.384. The molecule has 0 spiro atoms. The fraction of sp³-hybridized carbons (Fsp3) is 0.368. The van der Waals surface area contributed by atoms with Crippen LogP contribution in [0.15, 0.2) is 47.4 Å². The summed E-state index contributed by atoms with van der Waals surface area (Å²) >= 11 is 0. The largest absolute Gasteiger partial charge is 0.496 e. The van der Waals surface area contributed by atoms with E-state index in [0.29, 0.717) is 25.4 Å². The van der Waals surface area contributed by atoms with Crippen molar-refractivity contribution in [2.45, 2.75) is 30.7 Å². The van der Waals surface area contributed by atoms with Gasteiger partial charge in [0.2, 0.25) is 10.0 Å². The van der Waals surface area contributed by atoms with E-state index in [9.17, 15) is 18.5 Å². The molecule has 1 aliphatic heterocycles. The normalized spacial score (nSPS) is 15.2. The van der Waals surface area contributed by atoms with Crippen LogP contribution >= 0.6 is 0 Å². The molecule has 1 saturated heterocycles. The summed E-state index contributed by atoms with van der Waals surface area (Å²) in [5.41, 5.74) is 0.825. The zero-order valence-corrected chi connectivity index (χ0v) is 16.4. The van der Waals surface area contributed by atoms with Crippen LogP contribution in [-0.4, -0.2) is 37.8 Å². The highest BCUT2D eigenvalue weighted by Gasteiger charge is 2.28. The van der Waals surface area contributed by atoms with Crippen molar-refractivity contribution in [3.8, 4) is 5.75 Å². The molecule has 0 atom stereocenters. The lowest BCUT2D eigenvalue weighted by Crippen LogP contribution is -2.35. The topological polar surface area (TPSA) is 102 Å². The molecule has 1 fully saturated rings. The Balaban J connectivity index is 1.86. The van der Waals surface area contributed by atoms with Crippen molar-refractivity contribution >= 4 is 21.4 Å². The Bertz CT molecular complexity index is 956. The van der Waals surface area contributed by atoms with Gasteiger partial charge in [-0.2, -0.15) is 4.31 Å². The Kier molecular flexibility index (Phi) is 6.15. The number of nitrogens with zero attached hydrogens (tertiary/aromatic N) is 2. The molecule has 0 aliphatic carbocycles.